The monoisotopic (exact) mass is 365 g/mol. The van der Waals surface area contributed by atoms with E-state index in [0.717, 1.165) is 11.3 Å². The zero-order valence-electron chi connectivity index (χ0n) is 13.6. The van der Waals surface area contributed by atoms with Crippen molar-refractivity contribution in [2.75, 3.05) is 10.0 Å². The highest BCUT2D eigenvalue weighted by molar-refractivity contribution is 7.92. The quantitative estimate of drug-likeness (QED) is 0.744. The van der Waals surface area contributed by atoms with Crippen LogP contribution in [0, 0.1) is 0 Å². The summed E-state index contributed by atoms with van der Waals surface area (Å²) in [6, 6.07) is 17.7. The smallest absolute Gasteiger partial charge is 0.261 e. The first-order valence-corrected chi connectivity index (χ1v) is 9.47. The van der Waals surface area contributed by atoms with Gasteiger partial charge in [0, 0.05) is 11.3 Å². The van der Waals surface area contributed by atoms with Crippen LogP contribution in [0.15, 0.2) is 71.8 Å². The maximum absolute atomic E-state index is 12.6. The van der Waals surface area contributed by atoms with Gasteiger partial charge in [0.2, 0.25) is 5.91 Å². The van der Waals surface area contributed by atoms with Crippen molar-refractivity contribution >= 4 is 27.3 Å². The number of carbonyl (C=O) groups excluding carboxylic acids is 1. The van der Waals surface area contributed by atoms with Crippen LogP contribution in [0.2, 0.25) is 0 Å². The molecule has 0 bridgehead atoms. The van der Waals surface area contributed by atoms with Crippen molar-refractivity contribution in [2.24, 2.45) is 0 Å². The first-order chi connectivity index (χ1) is 12.5. The average Bonchev–Trinajstić information content (AvgIpc) is 3.02. The summed E-state index contributed by atoms with van der Waals surface area (Å²) >= 11 is 0. The second-order valence-corrected chi connectivity index (χ2v) is 7.63. The van der Waals surface area contributed by atoms with Gasteiger partial charge in [0.15, 0.2) is 0 Å². The molecule has 0 spiro atoms. The van der Waals surface area contributed by atoms with Crippen LogP contribution in [0.25, 0.3) is 11.3 Å². The van der Waals surface area contributed by atoms with Crippen molar-refractivity contribution in [3.63, 3.8) is 0 Å². The molecule has 7 heteroatoms. The van der Waals surface area contributed by atoms with E-state index < -0.39 is 10.0 Å². The second-order valence-electron chi connectivity index (χ2n) is 5.95. The Morgan fingerprint density at radius 2 is 1.81 bits per heavy atom. The molecule has 2 aromatic carbocycles. The van der Waals surface area contributed by atoms with E-state index in [4.69, 9.17) is 0 Å². The first-order valence-electron chi connectivity index (χ1n) is 7.98. The molecule has 0 atom stereocenters. The SMILES string of the molecule is O=C1Cc2cc(S(=O)(=O)Nc3ccc(-c4ccccc4)nc3)ccc2N1. The molecule has 1 aliphatic heterocycles. The van der Waals surface area contributed by atoms with Crippen molar-refractivity contribution < 1.29 is 13.2 Å². The summed E-state index contributed by atoms with van der Waals surface area (Å²) in [5, 5.41) is 2.68. The number of anilines is 2. The zero-order chi connectivity index (χ0) is 18.1. The van der Waals surface area contributed by atoms with Gasteiger partial charge in [-0.15, -0.1) is 0 Å². The third-order valence-corrected chi connectivity index (χ3v) is 5.48. The van der Waals surface area contributed by atoms with E-state index in [0.29, 0.717) is 16.9 Å². The Balaban J connectivity index is 1.57. The van der Waals surface area contributed by atoms with Gasteiger partial charge >= 0.3 is 0 Å². The zero-order valence-corrected chi connectivity index (χ0v) is 14.5. The van der Waals surface area contributed by atoms with Gasteiger partial charge in [0.05, 0.1) is 28.9 Å². The van der Waals surface area contributed by atoms with Gasteiger partial charge in [0.25, 0.3) is 10.0 Å². The van der Waals surface area contributed by atoms with E-state index in [1.165, 1.54) is 18.3 Å². The third-order valence-electron chi connectivity index (χ3n) is 4.10. The Labute approximate surface area is 151 Å². The summed E-state index contributed by atoms with van der Waals surface area (Å²) in [4.78, 5) is 15.8. The number of rotatable bonds is 4. The minimum Gasteiger partial charge on any atom is -0.326 e. The molecule has 3 aromatic rings. The lowest BCUT2D eigenvalue weighted by atomic mass is 10.1. The minimum absolute atomic E-state index is 0.111. The fourth-order valence-electron chi connectivity index (χ4n) is 2.82. The highest BCUT2D eigenvalue weighted by Crippen LogP contribution is 2.27. The number of amides is 1. The molecule has 130 valence electrons. The molecule has 26 heavy (non-hydrogen) atoms. The molecular formula is C19H15N3O3S. The Hall–Kier alpha value is -3.19. The van der Waals surface area contributed by atoms with E-state index in [1.54, 1.807) is 18.2 Å². The highest BCUT2D eigenvalue weighted by Gasteiger charge is 2.22. The van der Waals surface area contributed by atoms with Crippen molar-refractivity contribution in [3.05, 3.63) is 72.4 Å². The lowest BCUT2D eigenvalue weighted by Gasteiger charge is -2.09. The standard InChI is InChI=1S/C19H15N3O3S/c23-19-11-14-10-16(7-9-18(14)21-19)26(24,25)22-15-6-8-17(20-12-15)13-4-2-1-3-5-13/h1-10,12,22H,11H2,(H,21,23). The van der Waals surface area contributed by atoms with Gasteiger partial charge in [-0.05, 0) is 35.9 Å². The van der Waals surface area contributed by atoms with Crippen LogP contribution in [0.5, 0.6) is 0 Å². The molecule has 0 aliphatic carbocycles. The molecule has 0 fully saturated rings. The molecule has 0 saturated carbocycles. The number of aromatic nitrogens is 1. The molecule has 1 amide bonds. The second kappa shape index (κ2) is 6.27. The molecule has 6 nitrogen and oxygen atoms in total. The number of pyridine rings is 1. The van der Waals surface area contributed by atoms with Crippen molar-refractivity contribution in [1.29, 1.82) is 0 Å². The average molecular weight is 365 g/mol. The van der Waals surface area contributed by atoms with Crippen molar-refractivity contribution in [3.8, 4) is 11.3 Å². The predicted molar refractivity (Wildman–Crippen MR) is 99.3 cm³/mol. The molecule has 1 aliphatic rings. The van der Waals surface area contributed by atoms with E-state index >= 15 is 0 Å². The largest absolute Gasteiger partial charge is 0.326 e. The number of nitrogens with zero attached hydrogens (tertiary/aromatic N) is 1. The molecular weight excluding hydrogens is 350 g/mol. The predicted octanol–water partition coefficient (Wildman–Crippen LogP) is 3.04. The summed E-state index contributed by atoms with van der Waals surface area (Å²) in [6.07, 6.45) is 1.67. The fraction of sp³-hybridized carbons (Fsp3) is 0.0526. The number of sulfonamides is 1. The van der Waals surface area contributed by atoms with Crippen LogP contribution in [0.1, 0.15) is 5.56 Å². The molecule has 0 saturated heterocycles. The summed E-state index contributed by atoms with van der Waals surface area (Å²) in [6.45, 7) is 0. The van der Waals surface area contributed by atoms with Gasteiger partial charge in [0.1, 0.15) is 0 Å². The van der Waals surface area contributed by atoms with Gasteiger partial charge in [-0.1, -0.05) is 30.3 Å². The van der Waals surface area contributed by atoms with Crippen LogP contribution in [-0.4, -0.2) is 19.3 Å². The molecule has 2 N–H and O–H groups in total. The minimum atomic E-state index is -3.76. The first kappa shape index (κ1) is 16.3. The summed E-state index contributed by atoms with van der Waals surface area (Å²) < 4.78 is 27.7. The number of benzene rings is 2. The van der Waals surface area contributed by atoms with Crippen molar-refractivity contribution in [1.82, 2.24) is 4.98 Å². The topological polar surface area (TPSA) is 88.2 Å². The third kappa shape index (κ3) is 3.16. The molecule has 1 aromatic heterocycles. The number of carbonyl (C=O) groups is 1. The molecule has 4 rings (SSSR count). The van der Waals surface area contributed by atoms with Crippen LogP contribution in [0.4, 0.5) is 11.4 Å². The van der Waals surface area contributed by atoms with Gasteiger partial charge in [-0.25, -0.2) is 8.42 Å². The van der Waals surface area contributed by atoms with E-state index in [9.17, 15) is 13.2 Å². The van der Waals surface area contributed by atoms with E-state index in [2.05, 4.69) is 15.0 Å². The van der Waals surface area contributed by atoms with E-state index in [1.807, 2.05) is 30.3 Å². The lowest BCUT2D eigenvalue weighted by molar-refractivity contribution is -0.115. The maximum Gasteiger partial charge on any atom is 0.261 e. The van der Waals surface area contributed by atoms with Gasteiger partial charge in [-0.3, -0.25) is 14.5 Å². The van der Waals surface area contributed by atoms with Gasteiger partial charge in [-0.2, -0.15) is 0 Å². The fourth-order valence-corrected chi connectivity index (χ4v) is 3.91. The van der Waals surface area contributed by atoms with Crippen LogP contribution in [0.3, 0.4) is 0 Å². The molecule has 2 heterocycles. The summed E-state index contributed by atoms with van der Waals surface area (Å²) in [7, 11) is -3.76. The van der Waals surface area contributed by atoms with Crippen molar-refractivity contribution in [2.45, 2.75) is 11.3 Å². The van der Waals surface area contributed by atoms with E-state index in [-0.39, 0.29) is 17.2 Å². The number of hydrogen-bond acceptors (Lipinski definition) is 4. The molecule has 0 radical (unpaired) electrons. The summed E-state index contributed by atoms with van der Waals surface area (Å²) in [5.74, 6) is -0.136. The molecule has 0 unspecified atom stereocenters. The lowest BCUT2D eigenvalue weighted by Crippen LogP contribution is -2.13. The Morgan fingerprint density at radius 1 is 1.00 bits per heavy atom. The Kier molecular flexibility index (Phi) is 3.93. The normalized spacial score (nSPS) is 13.2. The van der Waals surface area contributed by atoms with Crippen LogP contribution < -0.4 is 10.0 Å². The van der Waals surface area contributed by atoms with Crippen LogP contribution >= 0.6 is 0 Å². The Morgan fingerprint density at radius 3 is 2.54 bits per heavy atom. The number of hydrogen-bond donors (Lipinski definition) is 2. The van der Waals surface area contributed by atoms with Gasteiger partial charge < -0.3 is 5.32 Å². The highest BCUT2D eigenvalue weighted by atomic mass is 32.2. The number of fused-ring (bicyclic) bond motifs is 1. The summed E-state index contributed by atoms with van der Waals surface area (Å²) in [5.41, 5.74) is 3.42. The number of nitrogens with one attached hydrogen (secondary N) is 2. The maximum atomic E-state index is 12.6. The van der Waals surface area contributed by atoms with Crippen LogP contribution in [-0.2, 0) is 21.2 Å². The Bertz CT molecular complexity index is 1080.